The van der Waals surface area contributed by atoms with Gasteiger partial charge in [-0.25, -0.2) is 0 Å². The van der Waals surface area contributed by atoms with E-state index in [0.29, 0.717) is 17.2 Å². The van der Waals surface area contributed by atoms with Crippen molar-refractivity contribution in [2.24, 2.45) is 0 Å². The number of rotatable bonds is 3. The third kappa shape index (κ3) is 2.11. The average Bonchev–Trinajstić information content (AvgIpc) is 3.09. The van der Waals surface area contributed by atoms with E-state index in [1.165, 1.54) is 5.56 Å². The summed E-state index contributed by atoms with van der Waals surface area (Å²) < 4.78 is 5.85. The normalized spacial score (nSPS) is 13.5. The molecule has 1 aliphatic rings. The Bertz CT molecular complexity index is 869. The zero-order valence-electron chi connectivity index (χ0n) is 11.8. The van der Waals surface area contributed by atoms with Crippen molar-refractivity contribution in [2.45, 2.75) is 12.8 Å². The Labute approximate surface area is 126 Å². The van der Waals surface area contributed by atoms with Crippen LogP contribution >= 0.6 is 0 Å². The minimum Gasteiger partial charge on any atom is -0.481 e. The van der Waals surface area contributed by atoms with Gasteiger partial charge in [-0.1, -0.05) is 24.3 Å². The lowest BCUT2D eigenvalue weighted by Crippen LogP contribution is -2.13. The van der Waals surface area contributed by atoms with Crippen LogP contribution in [0.5, 0.6) is 0 Å². The summed E-state index contributed by atoms with van der Waals surface area (Å²) in [5, 5.41) is 8.87. The monoisotopic (exact) mass is 294 g/mol. The Kier molecular flexibility index (Phi) is 2.85. The van der Waals surface area contributed by atoms with Crippen molar-refractivity contribution in [3.8, 4) is 0 Å². The van der Waals surface area contributed by atoms with E-state index in [4.69, 9.17) is 9.52 Å². The Morgan fingerprint density at radius 3 is 3.00 bits per heavy atom. The number of benzene rings is 2. The van der Waals surface area contributed by atoms with E-state index in [1.54, 1.807) is 12.1 Å². The van der Waals surface area contributed by atoms with Gasteiger partial charge in [0.1, 0.15) is 5.52 Å². The zero-order chi connectivity index (χ0) is 15.1. The number of para-hydroxylation sites is 1. The molecule has 0 saturated heterocycles. The Balaban J connectivity index is 1.73. The smallest absolute Gasteiger partial charge is 0.307 e. The van der Waals surface area contributed by atoms with Gasteiger partial charge in [-0.3, -0.25) is 9.69 Å². The van der Waals surface area contributed by atoms with Crippen LogP contribution in [-0.2, 0) is 17.6 Å². The van der Waals surface area contributed by atoms with Crippen LogP contribution in [-0.4, -0.2) is 22.6 Å². The summed E-state index contributed by atoms with van der Waals surface area (Å²) in [6, 6.07) is 14.1. The molecule has 5 heteroatoms. The highest BCUT2D eigenvalue weighted by Crippen LogP contribution is 2.35. The van der Waals surface area contributed by atoms with Gasteiger partial charge in [-0.15, -0.1) is 0 Å². The number of aromatic nitrogens is 1. The molecule has 0 unspecified atom stereocenters. The predicted octanol–water partition coefficient (Wildman–Crippen LogP) is 3.15. The van der Waals surface area contributed by atoms with Gasteiger partial charge in [0.2, 0.25) is 0 Å². The maximum atomic E-state index is 10.8. The standard InChI is InChI=1S/C17H14N2O3/c20-16(21)10-11-5-6-13-15(9-11)22-17(18-13)19-8-7-12-3-1-2-4-14(12)19/h1-6,9H,7-8,10H2,(H,20,21). The van der Waals surface area contributed by atoms with Gasteiger partial charge < -0.3 is 9.52 Å². The number of hydrogen-bond donors (Lipinski definition) is 1. The van der Waals surface area contributed by atoms with Crippen LogP contribution in [0, 0.1) is 0 Å². The van der Waals surface area contributed by atoms with Crippen molar-refractivity contribution in [1.82, 2.24) is 4.98 Å². The van der Waals surface area contributed by atoms with Crippen molar-refractivity contribution in [1.29, 1.82) is 0 Å². The molecule has 1 aromatic heterocycles. The first-order valence-electron chi connectivity index (χ1n) is 7.17. The molecule has 0 atom stereocenters. The van der Waals surface area contributed by atoms with E-state index >= 15 is 0 Å². The molecule has 22 heavy (non-hydrogen) atoms. The fourth-order valence-corrected chi connectivity index (χ4v) is 2.89. The van der Waals surface area contributed by atoms with E-state index in [1.807, 2.05) is 18.2 Å². The Morgan fingerprint density at radius 2 is 2.14 bits per heavy atom. The number of hydrogen-bond acceptors (Lipinski definition) is 4. The highest BCUT2D eigenvalue weighted by atomic mass is 16.4. The number of aliphatic carboxylic acids is 1. The molecule has 0 amide bonds. The van der Waals surface area contributed by atoms with Crippen LogP contribution in [0.4, 0.5) is 11.7 Å². The van der Waals surface area contributed by atoms with Gasteiger partial charge in [0, 0.05) is 12.2 Å². The van der Waals surface area contributed by atoms with Crippen LogP contribution < -0.4 is 4.90 Å². The van der Waals surface area contributed by atoms with Crippen LogP contribution in [0.25, 0.3) is 11.1 Å². The number of carbonyl (C=O) groups is 1. The van der Waals surface area contributed by atoms with E-state index in [-0.39, 0.29) is 6.42 Å². The van der Waals surface area contributed by atoms with Crippen LogP contribution in [0.15, 0.2) is 46.9 Å². The molecular weight excluding hydrogens is 280 g/mol. The molecule has 0 spiro atoms. The van der Waals surface area contributed by atoms with Crippen molar-refractivity contribution < 1.29 is 14.3 Å². The lowest BCUT2D eigenvalue weighted by atomic mass is 10.1. The molecule has 110 valence electrons. The van der Waals surface area contributed by atoms with E-state index in [0.717, 1.165) is 24.2 Å². The van der Waals surface area contributed by atoms with Gasteiger partial charge in [0.25, 0.3) is 0 Å². The zero-order valence-corrected chi connectivity index (χ0v) is 11.8. The van der Waals surface area contributed by atoms with Crippen LogP contribution in [0.2, 0.25) is 0 Å². The third-order valence-electron chi connectivity index (χ3n) is 3.91. The molecule has 0 saturated carbocycles. The number of carboxylic acid groups (broad SMARTS) is 1. The van der Waals surface area contributed by atoms with E-state index < -0.39 is 5.97 Å². The number of anilines is 2. The van der Waals surface area contributed by atoms with Crippen LogP contribution in [0.3, 0.4) is 0 Å². The van der Waals surface area contributed by atoms with Gasteiger partial charge in [-0.05, 0) is 35.7 Å². The summed E-state index contributed by atoms with van der Waals surface area (Å²) in [6.45, 7) is 0.841. The molecule has 4 rings (SSSR count). The lowest BCUT2D eigenvalue weighted by molar-refractivity contribution is -0.136. The van der Waals surface area contributed by atoms with Crippen LogP contribution in [0.1, 0.15) is 11.1 Å². The summed E-state index contributed by atoms with van der Waals surface area (Å²) in [5.74, 6) is -0.854. The topological polar surface area (TPSA) is 66.6 Å². The Hall–Kier alpha value is -2.82. The average molecular weight is 294 g/mol. The summed E-state index contributed by atoms with van der Waals surface area (Å²) in [5.41, 5.74) is 4.49. The number of oxazole rings is 1. The maximum Gasteiger partial charge on any atom is 0.307 e. The van der Waals surface area contributed by atoms with Crippen molar-refractivity contribution in [2.75, 3.05) is 11.4 Å². The second kappa shape index (κ2) is 4.87. The SMILES string of the molecule is O=C(O)Cc1ccc2nc(N3CCc4ccccc43)oc2c1. The molecule has 0 fully saturated rings. The predicted molar refractivity (Wildman–Crippen MR) is 82.5 cm³/mol. The van der Waals surface area contributed by atoms with Gasteiger partial charge in [-0.2, -0.15) is 4.98 Å². The molecule has 5 nitrogen and oxygen atoms in total. The molecule has 0 aliphatic carbocycles. The van der Waals surface area contributed by atoms with Crippen molar-refractivity contribution in [3.63, 3.8) is 0 Å². The highest BCUT2D eigenvalue weighted by Gasteiger charge is 2.23. The first kappa shape index (κ1) is 12.9. The first-order chi connectivity index (χ1) is 10.7. The molecule has 3 aromatic rings. The van der Waals surface area contributed by atoms with Gasteiger partial charge >= 0.3 is 12.0 Å². The third-order valence-corrected chi connectivity index (χ3v) is 3.91. The van der Waals surface area contributed by atoms with Crippen molar-refractivity contribution in [3.05, 3.63) is 53.6 Å². The summed E-state index contributed by atoms with van der Waals surface area (Å²) in [6.07, 6.45) is 0.956. The quantitative estimate of drug-likeness (QED) is 0.803. The fraction of sp³-hybridized carbons (Fsp3) is 0.176. The highest BCUT2D eigenvalue weighted by molar-refractivity contribution is 5.79. The van der Waals surface area contributed by atoms with E-state index in [9.17, 15) is 4.79 Å². The first-order valence-corrected chi connectivity index (χ1v) is 7.17. The van der Waals surface area contributed by atoms with E-state index in [2.05, 4.69) is 22.0 Å². The second-order valence-electron chi connectivity index (χ2n) is 5.40. The molecule has 2 aromatic carbocycles. The van der Waals surface area contributed by atoms with Gasteiger partial charge in [0.05, 0.1) is 6.42 Å². The molecule has 2 heterocycles. The molecule has 0 radical (unpaired) electrons. The molecular formula is C17H14N2O3. The molecule has 1 N–H and O–H groups in total. The Morgan fingerprint density at radius 1 is 1.27 bits per heavy atom. The number of fused-ring (bicyclic) bond motifs is 2. The summed E-state index contributed by atoms with van der Waals surface area (Å²) >= 11 is 0. The van der Waals surface area contributed by atoms with Crippen molar-refractivity contribution >= 4 is 28.8 Å². The summed E-state index contributed by atoms with van der Waals surface area (Å²) in [4.78, 5) is 17.4. The minimum atomic E-state index is -0.854. The molecule has 0 bridgehead atoms. The fourth-order valence-electron chi connectivity index (χ4n) is 2.89. The maximum absolute atomic E-state index is 10.8. The summed E-state index contributed by atoms with van der Waals surface area (Å²) in [7, 11) is 0. The minimum absolute atomic E-state index is 0.0154. The second-order valence-corrected chi connectivity index (χ2v) is 5.40. The number of carboxylic acids is 1. The largest absolute Gasteiger partial charge is 0.481 e. The number of nitrogens with zero attached hydrogens (tertiary/aromatic N) is 2. The molecule has 1 aliphatic heterocycles. The van der Waals surface area contributed by atoms with Gasteiger partial charge in [0.15, 0.2) is 5.58 Å². The lowest BCUT2D eigenvalue weighted by Gasteiger charge is -2.13.